The van der Waals surface area contributed by atoms with E-state index < -0.39 is 23.9 Å². The molecule has 0 aliphatic carbocycles. The van der Waals surface area contributed by atoms with Gasteiger partial charge in [-0.2, -0.15) is 18.3 Å². The number of aromatic nitrogens is 3. The first-order valence-electron chi connectivity index (χ1n) is 9.49. The number of alkyl halides is 3. The zero-order chi connectivity index (χ0) is 22.6. The number of carbonyl (C=O) groups is 1. The van der Waals surface area contributed by atoms with Crippen LogP contribution in [0.1, 0.15) is 25.5 Å². The number of aliphatic hydroxyl groups excluding tert-OH is 1. The molecule has 8 nitrogen and oxygen atoms in total. The number of fused-ring (bicyclic) bond motifs is 1. The monoisotopic (exact) mass is 437 g/mol. The van der Waals surface area contributed by atoms with E-state index in [1.807, 2.05) is 13.8 Å². The number of urea groups is 1. The van der Waals surface area contributed by atoms with Gasteiger partial charge < -0.3 is 20.5 Å². The van der Waals surface area contributed by atoms with Crippen molar-refractivity contribution in [3.05, 3.63) is 48.3 Å². The van der Waals surface area contributed by atoms with E-state index in [2.05, 4.69) is 20.7 Å². The van der Waals surface area contributed by atoms with Gasteiger partial charge in [0.1, 0.15) is 18.5 Å². The van der Waals surface area contributed by atoms with Crippen molar-refractivity contribution in [2.24, 2.45) is 0 Å². The van der Waals surface area contributed by atoms with Gasteiger partial charge in [-0.05, 0) is 38.1 Å². The predicted molar refractivity (Wildman–Crippen MR) is 108 cm³/mol. The summed E-state index contributed by atoms with van der Waals surface area (Å²) in [7, 11) is 0. The lowest BCUT2D eigenvalue weighted by atomic mass is 10.2. The Kier molecular flexibility index (Phi) is 6.64. The molecule has 0 aliphatic rings. The maximum atomic E-state index is 12.7. The van der Waals surface area contributed by atoms with Crippen molar-refractivity contribution in [3.63, 3.8) is 0 Å². The molecule has 3 N–H and O–H groups in total. The normalized spacial score (nSPS) is 12.7. The van der Waals surface area contributed by atoms with Crippen LogP contribution in [0.25, 0.3) is 11.0 Å². The number of aliphatic hydroxyl groups is 1. The van der Waals surface area contributed by atoms with Crippen LogP contribution < -0.4 is 15.4 Å². The van der Waals surface area contributed by atoms with E-state index in [1.165, 1.54) is 18.3 Å². The quantitative estimate of drug-likeness (QED) is 0.524. The summed E-state index contributed by atoms with van der Waals surface area (Å²) in [6.45, 7) is 3.51. The number of rotatable bonds is 7. The number of carbonyl (C=O) groups excluding carboxylic acids is 1. The zero-order valence-corrected chi connectivity index (χ0v) is 16.8. The van der Waals surface area contributed by atoms with Crippen LogP contribution in [0.2, 0.25) is 0 Å². The molecular formula is C20H22F3N5O3. The molecule has 2 heterocycles. The first-order valence-corrected chi connectivity index (χ1v) is 9.49. The fraction of sp³-hybridized carbons (Fsp3) is 0.350. The minimum absolute atomic E-state index is 0.0281. The molecule has 2 amide bonds. The Labute approximate surface area is 176 Å². The molecule has 1 unspecified atom stereocenters. The third-order valence-corrected chi connectivity index (χ3v) is 4.28. The first-order chi connectivity index (χ1) is 14.6. The van der Waals surface area contributed by atoms with Gasteiger partial charge in [0.25, 0.3) is 0 Å². The van der Waals surface area contributed by atoms with Crippen LogP contribution >= 0.6 is 0 Å². The molecule has 0 saturated carbocycles. The number of benzene rings is 1. The van der Waals surface area contributed by atoms with Crippen molar-refractivity contribution in [2.45, 2.75) is 32.2 Å². The highest BCUT2D eigenvalue weighted by atomic mass is 19.4. The van der Waals surface area contributed by atoms with Gasteiger partial charge in [-0.3, -0.25) is 0 Å². The van der Waals surface area contributed by atoms with Gasteiger partial charge in [-0.1, -0.05) is 6.07 Å². The van der Waals surface area contributed by atoms with E-state index in [-0.39, 0.29) is 24.9 Å². The Hall–Kier alpha value is -3.34. The third kappa shape index (κ3) is 5.85. The summed E-state index contributed by atoms with van der Waals surface area (Å²) in [6, 6.07) is 5.63. The summed E-state index contributed by atoms with van der Waals surface area (Å²) in [5.41, 5.74) is 0.299. The second-order valence-electron chi connectivity index (χ2n) is 7.15. The zero-order valence-electron chi connectivity index (χ0n) is 16.8. The molecule has 2 aromatic heterocycles. The standard InChI is InChI=1S/C20H22F3N5O3/c1-12(2)28-18-13(8-26-28)6-15(9-24-18)27-19(30)25-10-16(29)11-31-17-5-3-4-14(7-17)20(21,22)23/h3-9,12,16,29H,10-11H2,1-2H3,(H2,25,27,30). The first kappa shape index (κ1) is 22.3. The topological polar surface area (TPSA) is 101 Å². The number of ether oxygens (including phenoxy) is 1. The fourth-order valence-corrected chi connectivity index (χ4v) is 2.79. The summed E-state index contributed by atoms with van der Waals surface area (Å²) < 4.78 is 45.1. The van der Waals surface area contributed by atoms with Gasteiger partial charge in [0.05, 0.1) is 23.6 Å². The van der Waals surface area contributed by atoms with Crippen LogP contribution in [0.4, 0.5) is 23.7 Å². The lowest BCUT2D eigenvalue weighted by molar-refractivity contribution is -0.137. The van der Waals surface area contributed by atoms with Gasteiger partial charge >= 0.3 is 12.2 Å². The van der Waals surface area contributed by atoms with Crippen molar-refractivity contribution in [1.29, 1.82) is 0 Å². The number of nitrogens with zero attached hydrogens (tertiary/aromatic N) is 3. The third-order valence-electron chi connectivity index (χ3n) is 4.28. The highest BCUT2D eigenvalue weighted by molar-refractivity contribution is 5.91. The van der Waals surface area contributed by atoms with Crippen molar-refractivity contribution in [3.8, 4) is 5.75 Å². The van der Waals surface area contributed by atoms with Crippen LogP contribution in [0, 0.1) is 0 Å². The molecule has 0 aliphatic heterocycles. The second-order valence-corrected chi connectivity index (χ2v) is 7.15. The lowest BCUT2D eigenvalue weighted by Crippen LogP contribution is -2.37. The van der Waals surface area contributed by atoms with E-state index in [9.17, 15) is 23.1 Å². The van der Waals surface area contributed by atoms with Gasteiger partial charge in [-0.25, -0.2) is 14.5 Å². The molecule has 1 aromatic carbocycles. The number of anilines is 1. The van der Waals surface area contributed by atoms with E-state index in [4.69, 9.17) is 4.74 Å². The molecular weight excluding hydrogens is 415 g/mol. The van der Waals surface area contributed by atoms with Crippen molar-refractivity contribution < 1.29 is 27.8 Å². The number of hydrogen-bond acceptors (Lipinski definition) is 5. The van der Waals surface area contributed by atoms with Crippen LogP contribution in [0.3, 0.4) is 0 Å². The maximum Gasteiger partial charge on any atom is 0.416 e. The molecule has 31 heavy (non-hydrogen) atoms. The maximum absolute atomic E-state index is 12.7. The molecule has 0 fully saturated rings. The molecule has 166 valence electrons. The Morgan fingerprint density at radius 1 is 1.26 bits per heavy atom. The van der Waals surface area contributed by atoms with Crippen LogP contribution in [0.5, 0.6) is 5.75 Å². The van der Waals surface area contributed by atoms with E-state index in [0.717, 1.165) is 17.5 Å². The highest BCUT2D eigenvalue weighted by Crippen LogP contribution is 2.31. The summed E-state index contributed by atoms with van der Waals surface area (Å²) in [6.07, 6.45) is -2.45. The van der Waals surface area contributed by atoms with Gasteiger partial charge in [0.2, 0.25) is 0 Å². The smallest absolute Gasteiger partial charge is 0.416 e. The van der Waals surface area contributed by atoms with Crippen LogP contribution in [-0.2, 0) is 6.18 Å². The number of pyridine rings is 1. The largest absolute Gasteiger partial charge is 0.491 e. The van der Waals surface area contributed by atoms with Gasteiger partial charge in [0.15, 0.2) is 5.65 Å². The summed E-state index contributed by atoms with van der Waals surface area (Å²) in [4.78, 5) is 16.4. The van der Waals surface area contributed by atoms with Crippen LogP contribution in [0.15, 0.2) is 42.7 Å². The molecule has 1 atom stereocenters. The van der Waals surface area contributed by atoms with Gasteiger partial charge in [0, 0.05) is 18.0 Å². The lowest BCUT2D eigenvalue weighted by Gasteiger charge is -2.15. The molecule has 0 bridgehead atoms. The summed E-state index contributed by atoms with van der Waals surface area (Å²) in [5, 5.41) is 20.0. The van der Waals surface area contributed by atoms with Crippen LogP contribution in [-0.4, -0.2) is 45.2 Å². The average Bonchev–Trinajstić information content (AvgIpc) is 3.14. The van der Waals surface area contributed by atoms with E-state index in [0.29, 0.717) is 11.3 Å². The van der Waals surface area contributed by atoms with Crippen molar-refractivity contribution >= 4 is 22.8 Å². The minimum atomic E-state index is -4.48. The number of nitrogens with one attached hydrogen (secondary N) is 2. The SMILES string of the molecule is CC(C)n1ncc2cc(NC(=O)NCC(O)COc3cccc(C(F)(F)F)c3)cnc21. The number of hydrogen-bond donors (Lipinski definition) is 3. The Morgan fingerprint density at radius 3 is 2.74 bits per heavy atom. The van der Waals surface area contributed by atoms with E-state index in [1.54, 1.807) is 16.9 Å². The van der Waals surface area contributed by atoms with E-state index >= 15 is 0 Å². The number of amides is 2. The fourth-order valence-electron chi connectivity index (χ4n) is 2.79. The average molecular weight is 437 g/mol. The molecule has 11 heteroatoms. The molecule has 3 aromatic rings. The predicted octanol–water partition coefficient (Wildman–Crippen LogP) is 3.59. The molecule has 0 spiro atoms. The molecule has 0 saturated heterocycles. The Morgan fingerprint density at radius 2 is 2.03 bits per heavy atom. The second kappa shape index (κ2) is 9.21. The van der Waals surface area contributed by atoms with Crippen molar-refractivity contribution in [1.82, 2.24) is 20.1 Å². The highest BCUT2D eigenvalue weighted by Gasteiger charge is 2.30. The Bertz CT molecular complexity index is 1050. The molecule has 3 rings (SSSR count). The van der Waals surface area contributed by atoms with Crippen molar-refractivity contribution in [2.75, 3.05) is 18.5 Å². The van der Waals surface area contributed by atoms with Gasteiger partial charge in [-0.15, -0.1) is 0 Å². The summed E-state index contributed by atoms with van der Waals surface area (Å²) >= 11 is 0. The molecule has 0 radical (unpaired) electrons. The number of halogens is 3. The Balaban J connectivity index is 1.48. The minimum Gasteiger partial charge on any atom is -0.491 e. The summed E-state index contributed by atoms with van der Waals surface area (Å²) in [5.74, 6) is -0.0281.